The standard InChI is InChI=1S/C12H15BrClNO3S/c1-7(2)11(13)12(16)15-10-6-8(19(3,17)18)4-5-9(10)14/h4-7,11H,1-3H3,(H,15,16). The maximum atomic E-state index is 11.9. The Morgan fingerprint density at radius 3 is 2.42 bits per heavy atom. The molecule has 0 aliphatic carbocycles. The van der Waals surface area contributed by atoms with Gasteiger partial charge in [0.15, 0.2) is 9.84 Å². The number of hydrogen-bond acceptors (Lipinski definition) is 3. The highest BCUT2D eigenvalue weighted by Crippen LogP contribution is 2.26. The maximum Gasteiger partial charge on any atom is 0.238 e. The summed E-state index contributed by atoms with van der Waals surface area (Å²) in [6, 6.07) is 4.21. The van der Waals surface area contributed by atoms with Crippen LogP contribution in [-0.2, 0) is 14.6 Å². The van der Waals surface area contributed by atoms with E-state index in [2.05, 4.69) is 21.2 Å². The van der Waals surface area contributed by atoms with Crippen molar-refractivity contribution in [3.05, 3.63) is 23.2 Å². The molecule has 19 heavy (non-hydrogen) atoms. The maximum absolute atomic E-state index is 11.9. The van der Waals surface area contributed by atoms with Gasteiger partial charge in [0.1, 0.15) is 0 Å². The van der Waals surface area contributed by atoms with E-state index in [-0.39, 0.29) is 21.5 Å². The minimum atomic E-state index is -3.34. The van der Waals surface area contributed by atoms with Gasteiger partial charge in [0.25, 0.3) is 0 Å². The average molecular weight is 369 g/mol. The van der Waals surface area contributed by atoms with E-state index in [1.165, 1.54) is 18.2 Å². The van der Waals surface area contributed by atoms with Crippen LogP contribution >= 0.6 is 27.5 Å². The van der Waals surface area contributed by atoms with Crippen LogP contribution in [-0.4, -0.2) is 25.4 Å². The zero-order valence-corrected chi connectivity index (χ0v) is 13.9. The molecule has 1 unspecified atom stereocenters. The van der Waals surface area contributed by atoms with Crippen LogP contribution in [0.15, 0.2) is 23.1 Å². The Kier molecular flexibility index (Phi) is 5.41. The molecule has 0 spiro atoms. The SMILES string of the molecule is CC(C)C(Br)C(=O)Nc1cc(S(C)(=O)=O)ccc1Cl. The Morgan fingerprint density at radius 2 is 1.95 bits per heavy atom. The lowest BCUT2D eigenvalue weighted by Crippen LogP contribution is -2.27. The molecule has 1 amide bonds. The van der Waals surface area contributed by atoms with Crippen molar-refractivity contribution < 1.29 is 13.2 Å². The lowest BCUT2D eigenvalue weighted by atomic mass is 10.1. The summed E-state index contributed by atoms with van der Waals surface area (Å²) in [4.78, 5) is 11.6. The summed E-state index contributed by atoms with van der Waals surface area (Å²) in [5.74, 6) is -0.153. The molecule has 7 heteroatoms. The van der Waals surface area contributed by atoms with E-state index in [1.807, 2.05) is 13.8 Å². The van der Waals surface area contributed by atoms with Crippen molar-refractivity contribution >= 4 is 49.0 Å². The molecule has 0 radical (unpaired) electrons. The molecule has 1 N–H and O–H groups in total. The molecule has 0 bridgehead atoms. The summed E-state index contributed by atoms with van der Waals surface area (Å²) < 4.78 is 22.9. The molecule has 0 fully saturated rings. The topological polar surface area (TPSA) is 63.2 Å². The summed E-state index contributed by atoms with van der Waals surface area (Å²) in [7, 11) is -3.34. The van der Waals surface area contributed by atoms with E-state index < -0.39 is 9.84 Å². The Balaban J connectivity index is 3.05. The van der Waals surface area contributed by atoms with Gasteiger partial charge in [-0.1, -0.05) is 41.4 Å². The largest absolute Gasteiger partial charge is 0.324 e. The van der Waals surface area contributed by atoms with Gasteiger partial charge in [-0.15, -0.1) is 0 Å². The highest BCUT2D eigenvalue weighted by Gasteiger charge is 2.20. The van der Waals surface area contributed by atoms with Gasteiger partial charge in [-0.05, 0) is 24.1 Å². The number of carbonyl (C=O) groups is 1. The number of rotatable bonds is 4. The van der Waals surface area contributed by atoms with Crippen LogP contribution in [0.4, 0.5) is 5.69 Å². The number of carbonyl (C=O) groups excluding carboxylic acids is 1. The second-order valence-electron chi connectivity index (χ2n) is 4.55. The number of anilines is 1. The monoisotopic (exact) mass is 367 g/mol. The fourth-order valence-electron chi connectivity index (χ4n) is 1.34. The van der Waals surface area contributed by atoms with Gasteiger partial charge < -0.3 is 5.32 Å². The first kappa shape index (κ1) is 16.5. The van der Waals surface area contributed by atoms with Crippen LogP contribution in [0.1, 0.15) is 13.8 Å². The number of amides is 1. The second-order valence-corrected chi connectivity index (χ2v) is 7.96. The van der Waals surface area contributed by atoms with Crippen LogP contribution in [0.5, 0.6) is 0 Å². The predicted octanol–water partition coefficient (Wildman–Crippen LogP) is 3.10. The van der Waals surface area contributed by atoms with Crippen molar-refractivity contribution in [2.75, 3.05) is 11.6 Å². The van der Waals surface area contributed by atoms with Gasteiger partial charge >= 0.3 is 0 Å². The number of nitrogens with one attached hydrogen (secondary N) is 1. The fourth-order valence-corrected chi connectivity index (χ4v) is 2.26. The quantitative estimate of drug-likeness (QED) is 0.831. The van der Waals surface area contributed by atoms with Crippen LogP contribution in [0.25, 0.3) is 0 Å². The Morgan fingerprint density at radius 1 is 1.37 bits per heavy atom. The summed E-state index contributed by atoms with van der Waals surface area (Å²) >= 11 is 9.22. The highest BCUT2D eigenvalue weighted by atomic mass is 79.9. The number of benzene rings is 1. The molecule has 0 aromatic heterocycles. The summed E-state index contributed by atoms with van der Waals surface area (Å²) in [6.45, 7) is 3.79. The normalized spacial score (nSPS) is 13.4. The third-order valence-corrected chi connectivity index (χ3v) is 5.37. The summed E-state index contributed by atoms with van der Waals surface area (Å²) in [5, 5.41) is 2.92. The molecule has 1 rings (SSSR count). The van der Waals surface area contributed by atoms with E-state index in [1.54, 1.807) is 0 Å². The molecular weight excluding hydrogens is 354 g/mol. The Bertz CT molecular complexity index is 587. The van der Waals surface area contributed by atoms with Crippen LogP contribution < -0.4 is 5.32 Å². The average Bonchev–Trinajstić information content (AvgIpc) is 2.29. The van der Waals surface area contributed by atoms with Crippen molar-refractivity contribution in [1.29, 1.82) is 0 Å². The first-order valence-corrected chi connectivity index (χ1v) is 8.76. The number of alkyl halides is 1. The number of halogens is 2. The van der Waals surface area contributed by atoms with Crippen LogP contribution in [0.3, 0.4) is 0 Å². The molecule has 1 aromatic carbocycles. The van der Waals surface area contributed by atoms with Gasteiger partial charge in [0.2, 0.25) is 5.91 Å². The Labute approximate surface area is 126 Å². The van der Waals surface area contributed by atoms with Crippen LogP contribution in [0, 0.1) is 5.92 Å². The zero-order chi connectivity index (χ0) is 14.8. The zero-order valence-electron chi connectivity index (χ0n) is 10.8. The van der Waals surface area contributed by atoms with Gasteiger partial charge in [-0.25, -0.2) is 8.42 Å². The highest BCUT2D eigenvalue weighted by molar-refractivity contribution is 9.10. The first-order chi connectivity index (χ1) is 8.62. The van der Waals surface area contributed by atoms with Crippen molar-refractivity contribution in [3.8, 4) is 0 Å². The molecule has 0 saturated carbocycles. The first-order valence-electron chi connectivity index (χ1n) is 5.57. The van der Waals surface area contributed by atoms with Crippen molar-refractivity contribution in [2.45, 2.75) is 23.6 Å². The molecular formula is C12H15BrClNO3S. The predicted molar refractivity (Wildman–Crippen MR) is 80.7 cm³/mol. The van der Waals surface area contributed by atoms with E-state index in [0.717, 1.165) is 6.26 Å². The third-order valence-electron chi connectivity index (χ3n) is 2.46. The molecule has 0 heterocycles. The van der Waals surface area contributed by atoms with Crippen molar-refractivity contribution in [1.82, 2.24) is 0 Å². The lowest BCUT2D eigenvalue weighted by molar-refractivity contribution is -0.116. The molecule has 0 aliphatic rings. The van der Waals surface area contributed by atoms with Gasteiger partial charge in [-0.2, -0.15) is 0 Å². The van der Waals surface area contributed by atoms with E-state index in [4.69, 9.17) is 11.6 Å². The van der Waals surface area contributed by atoms with Gasteiger partial charge in [-0.3, -0.25) is 4.79 Å². The molecule has 1 aromatic rings. The van der Waals surface area contributed by atoms with Crippen molar-refractivity contribution in [3.63, 3.8) is 0 Å². The van der Waals surface area contributed by atoms with E-state index in [9.17, 15) is 13.2 Å². The number of sulfone groups is 1. The van der Waals surface area contributed by atoms with Crippen LogP contribution in [0.2, 0.25) is 5.02 Å². The summed E-state index contributed by atoms with van der Waals surface area (Å²) in [6.07, 6.45) is 1.10. The minimum Gasteiger partial charge on any atom is -0.324 e. The van der Waals surface area contributed by atoms with E-state index in [0.29, 0.717) is 10.7 Å². The smallest absolute Gasteiger partial charge is 0.238 e. The lowest BCUT2D eigenvalue weighted by Gasteiger charge is -2.15. The molecule has 1 atom stereocenters. The van der Waals surface area contributed by atoms with Gasteiger partial charge in [0, 0.05) is 6.26 Å². The number of hydrogen-bond donors (Lipinski definition) is 1. The molecule has 106 valence electrons. The minimum absolute atomic E-state index is 0.108. The fraction of sp³-hybridized carbons (Fsp3) is 0.417. The molecule has 4 nitrogen and oxygen atoms in total. The summed E-state index contributed by atoms with van der Waals surface area (Å²) in [5.41, 5.74) is 0.291. The molecule has 0 saturated heterocycles. The van der Waals surface area contributed by atoms with Gasteiger partial charge in [0.05, 0.1) is 20.4 Å². The second kappa shape index (κ2) is 6.24. The Hall–Kier alpha value is -0.590. The van der Waals surface area contributed by atoms with Crippen molar-refractivity contribution in [2.24, 2.45) is 5.92 Å². The third kappa shape index (κ3) is 4.47. The van der Waals surface area contributed by atoms with E-state index >= 15 is 0 Å². The molecule has 0 aliphatic heterocycles.